The molecule has 156 valence electrons. The number of nitrogens with one attached hydrogen (secondary N) is 1. The Kier molecular flexibility index (Phi) is 5.99. The van der Waals surface area contributed by atoms with Crippen LogP contribution in [0, 0.1) is 0 Å². The average molecular weight is 433 g/mol. The fraction of sp³-hybridized carbons (Fsp3) is 0.130. The van der Waals surface area contributed by atoms with E-state index in [1.807, 2.05) is 12.1 Å². The third-order valence-corrected chi connectivity index (χ3v) is 5.70. The highest BCUT2D eigenvalue weighted by Crippen LogP contribution is 2.38. The molecule has 0 saturated heterocycles. The lowest BCUT2D eigenvalue weighted by Gasteiger charge is -2.14. The molecule has 0 saturated carbocycles. The zero-order valence-corrected chi connectivity index (χ0v) is 17.5. The Labute approximate surface area is 183 Å². The first-order valence-corrected chi connectivity index (χ1v) is 10.5. The van der Waals surface area contributed by atoms with Crippen molar-refractivity contribution >= 4 is 40.7 Å². The van der Waals surface area contributed by atoms with E-state index in [0.717, 1.165) is 0 Å². The van der Waals surface area contributed by atoms with Crippen molar-refractivity contribution in [2.75, 3.05) is 5.32 Å². The number of nitrogens with zero attached hydrogens (tertiary/aromatic N) is 2. The molecule has 0 aliphatic carbocycles. The molecule has 4 rings (SSSR count). The molecule has 0 bridgehead atoms. The van der Waals surface area contributed by atoms with Gasteiger partial charge in [0.1, 0.15) is 5.76 Å². The molecule has 0 fully saturated rings. The lowest BCUT2D eigenvalue weighted by Crippen LogP contribution is -2.31. The van der Waals surface area contributed by atoms with E-state index in [0.29, 0.717) is 38.9 Å². The summed E-state index contributed by atoms with van der Waals surface area (Å²) in [6.07, 6.45) is 3.20. The number of carbonyl (C=O) groups excluding carboxylic acids is 3. The molecule has 1 aromatic carbocycles. The van der Waals surface area contributed by atoms with Crippen LogP contribution in [0.1, 0.15) is 23.9 Å². The number of benzene rings is 1. The van der Waals surface area contributed by atoms with Gasteiger partial charge in [-0.2, -0.15) is 0 Å². The highest BCUT2D eigenvalue weighted by molar-refractivity contribution is 8.03. The van der Waals surface area contributed by atoms with Crippen molar-refractivity contribution in [3.05, 3.63) is 89.0 Å². The van der Waals surface area contributed by atoms with Crippen molar-refractivity contribution in [1.29, 1.82) is 0 Å². The molecular weight excluding hydrogens is 414 g/mol. The molecule has 1 N–H and O–H groups in total. The van der Waals surface area contributed by atoms with Crippen molar-refractivity contribution < 1.29 is 18.8 Å². The van der Waals surface area contributed by atoms with Crippen molar-refractivity contribution in [2.45, 2.75) is 19.2 Å². The van der Waals surface area contributed by atoms with Gasteiger partial charge >= 0.3 is 0 Å². The van der Waals surface area contributed by atoms with Gasteiger partial charge in [-0.1, -0.05) is 18.2 Å². The predicted octanol–water partition coefficient (Wildman–Crippen LogP) is 3.85. The summed E-state index contributed by atoms with van der Waals surface area (Å²) in [4.78, 5) is 43.5. The maximum atomic E-state index is 13.3. The summed E-state index contributed by atoms with van der Waals surface area (Å²) in [6, 6.07) is 15.8. The van der Waals surface area contributed by atoms with Gasteiger partial charge in [-0.15, -0.1) is 11.8 Å². The third-order valence-electron chi connectivity index (χ3n) is 4.60. The Balaban J connectivity index is 1.66. The van der Waals surface area contributed by atoms with E-state index >= 15 is 0 Å². The molecule has 0 unspecified atom stereocenters. The summed E-state index contributed by atoms with van der Waals surface area (Å²) in [5.41, 5.74) is 2.19. The van der Waals surface area contributed by atoms with Crippen LogP contribution in [0.2, 0.25) is 0 Å². The molecular formula is C23H19N3O4S. The summed E-state index contributed by atoms with van der Waals surface area (Å²) in [5, 5.41) is 2.70. The van der Waals surface area contributed by atoms with Gasteiger partial charge < -0.3 is 9.73 Å². The van der Waals surface area contributed by atoms with Crippen LogP contribution < -0.4 is 5.32 Å². The summed E-state index contributed by atoms with van der Waals surface area (Å²) in [7, 11) is 0. The summed E-state index contributed by atoms with van der Waals surface area (Å²) in [6.45, 7) is 1.52. The number of carbonyl (C=O) groups is 3. The van der Waals surface area contributed by atoms with E-state index in [1.54, 1.807) is 54.9 Å². The molecule has 3 aromatic rings. The second-order valence-corrected chi connectivity index (χ2v) is 7.83. The quantitative estimate of drug-likeness (QED) is 0.569. The number of anilines is 1. The van der Waals surface area contributed by atoms with Crippen LogP contribution in [0.4, 0.5) is 5.69 Å². The second-order valence-electron chi connectivity index (χ2n) is 6.85. The SMILES string of the molecule is CC(=O)Nc1ccc(C2=C(SCc3ccco3)C(=O)N(Cc3ccccn3)C2=O)cc1. The average Bonchev–Trinajstić information content (AvgIpc) is 3.36. The van der Waals surface area contributed by atoms with Crippen LogP contribution in [0.15, 0.2) is 76.4 Å². The Morgan fingerprint density at radius 2 is 1.87 bits per heavy atom. The maximum absolute atomic E-state index is 13.3. The largest absolute Gasteiger partial charge is 0.468 e. The lowest BCUT2D eigenvalue weighted by molar-refractivity contribution is -0.137. The monoisotopic (exact) mass is 433 g/mol. The Morgan fingerprint density at radius 1 is 1.06 bits per heavy atom. The molecule has 8 heteroatoms. The molecule has 1 aliphatic heterocycles. The highest BCUT2D eigenvalue weighted by atomic mass is 32.2. The van der Waals surface area contributed by atoms with Crippen molar-refractivity contribution in [3.63, 3.8) is 0 Å². The van der Waals surface area contributed by atoms with Crippen LogP contribution in [0.5, 0.6) is 0 Å². The number of hydrogen-bond donors (Lipinski definition) is 1. The fourth-order valence-electron chi connectivity index (χ4n) is 3.20. The maximum Gasteiger partial charge on any atom is 0.268 e. The standard InChI is InChI=1S/C23H19N3O4S/c1-15(27)25-17-9-7-16(8-10-17)20-21(31-14-19-6-4-12-30-19)23(29)26(22(20)28)13-18-5-2-3-11-24-18/h2-12H,13-14H2,1H3,(H,25,27). The highest BCUT2D eigenvalue weighted by Gasteiger charge is 2.39. The number of pyridine rings is 1. The first-order valence-electron chi connectivity index (χ1n) is 9.56. The summed E-state index contributed by atoms with van der Waals surface area (Å²) < 4.78 is 5.37. The van der Waals surface area contributed by atoms with Crippen LogP contribution in [-0.2, 0) is 26.7 Å². The number of imide groups is 1. The number of aromatic nitrogens is 1. The van der Waals surface area contributed by atoms with Crippen LogP contribution >= 0.6 is 11.8 Å². The smallest absolute Gasteiger partial charge is 0.268 e. The van der Waals surface area contributed by atoms with E-state index in [1.165, 1.54) is 23.6 Å². The number of amides is 3. The van der Waals surface area contributed by atoms with Gasteiger partial charge in [0.15, 0.2) is 0 Å². The first-order chi connectivity index (χ1) is 15.0. The lowest BCUT2D eigenvalue weighted by atomic mass is 10.1. The first kappa shape index (κ1) is 20.6. The minimum absolute atomic E-state index is 0.0940. The molecule has 3 heterocycles. The number of rotatable bonds is 7. The van der Waals surface area contributed by atoms with Crippen molar-refractivity contribution in [2.24, 2.45) is 0 Å². The van der Waals surface area contributed by atoms with E-state index in [4.69, 9.17) is 4.42 Å². The Morgan fingerprint density at radius 3 is 2.52 bits per heavy atom. The Hall–Kier alpha value is -3.65. The van der Waals surface area contributed by atoms with Gasteiger partial charge in [0.25, 0.3) is 11.8 Å². The van der Waals surface area contributed by atoms with Crippen LogP contribution in [-0.4, -0.2) is 27.6 Å². The second kappa shape index (κ2) is 9.01. The van der Waals surface area contributed by atoms with E-state index in [-0.39, 0.29) is 24.3 Å². The van der Waals surface area contributed by atoms with E-state index in [9.17, 15) is 14.4 Å². The minimum Gasteiger partial charge on any atom is -0.468 e. The molecule has 1 aliphatic rings. The summed E-state index contributed by atoms with van der Waals surface area (Å²) >= 11 is 1.27. The molecule has 0 atom stereocenters. The fourth-order valence-corrected chi connectivity index (χ4v) is 4.24. The van der Waals surface area contributed by atoms with Crippen LogP contribution in [0.25, 0.3) is 5.57 Å². The summed E-state index contributed by atoms with van der Waals surface area (Å²) in [5.74, 6) is 0.223. The van der Waals surface area contributed by atoms with E-state index in [2.05, 4.69) is 10.3 Å². The normalized spacial score (nSPS) is 13.8. The predicted molar refractivity (Wildman–Crippen MR) is 117 cm³/mol. The zero-order chi connectivity index (χ0) is 21.8. The molecule has 3 amide bonds. The van der Waals surface area contributed by atoms with Gasteiger partial charge in [0.05, 0.1) is 34.7 Å². The van der Waals surface area contributed by atoms with Crippen molar-refractivity contribution in [1.82, 2.24) is 9.88 Å². The van der Waals surface area contributed by atoms with Gasteiger partial charge in [-0.25, -0.2) is 0 Å². The topological polar surface area (TPSA) is 92.5 Å². The number of thioether (sulfide) groups is 1. The molecule has 0 spiro atoms. The number of furan rings is 1. The van der Waals surface area contributed by atoms with Gasteiger partial charge in [-0.3, -0.25) is 24.3 Å². The van der Waals surface area contributed by atoms with Gasteiger partial charge in [0.2, 0.25) is 5.91 Å². The Bertz CT molecular complexity index is 1140. The minimum atomic E-state index is -0.370. The zero-order valence-electron chi connectivity index (χ0n) is 16.7. The van der Waals surface area contributed by atoms with E-state index < -0.39 is 0 Å². The molecule has 31 heavy (non-hydrogen) atoms. The third kappa shape index (κ3) is 4.59. The van der Waals surface area contributed by atoms with Gasteiger partial charge in [-0.05, 0) is 42.0 Å². The molecule has 7 nitrogen and oxygen atoms in total. The van der Waals surface area contributed by atoms with Crippen molar-refractivity contribution in [3.8, 4) is 0 Å². The van der Waals surface area contributed by atoms with Crippen LogP contribution in [0.3, 0.4) is 0 Å². The molecule has 0 radical (unpaired) electrons. The number of hydrogen-bond acceptors (Lipinski definition) is 6. The van der Waals surface area contributed by atoms with Gasteiger partial charge in [0, 0.05) is 18.8 Å². The molecule has 2 aromatic heterocycles.